The number of likely N-dealkylation sites (N-methyl/N-ethyl adjacent to an activating group) is 1. The quantitative estimate of drug-likeness (QED) is 0.580. The summed E-state index contributed by atoms with van der Waals surface area (Å²) in [5, 5.41) is 11.5. The molecule has 7 heteroatoms. The first-order valence-electron chi connectivity index (χ1n) is 6.54. The smallest absolute Gasteiger partial charge is 0.307 e. The molecular weight excluding hydrogens is 264 g/mol. The Balaban J connectivity index is 4.18. The summed E-state index contributed by atoms with van der Waals surface area (Å²) in [6.07, 6.45) is 0.701. The molecule has 0 aromatic carbocycles. The van der Waals surface area contributed by atoms with E-state index in [9.17, 15) is 14.4 Å². The number of carboxylic acids is 1. The molecule has 0 heterocycles. The van der Waals surface area contributed by atoms with Gasteiger partial charge in [0.2, 0.25) is 11.8 Å². The summed E-state index contributed by atoms with van der Waals surface area (Å²) < 4.78 is 4.85. The summed E-state index contributed by atoms with van der Waals surface area (Å²) in [5.74, 6) is -3.10. The van der Waals surface area contributed by atoms with E-state index in [-0.39, 0.29) is 18.4 Å². The maximum atomic E-state index is 12.0. The van der Waals surface area contributed by atoms with Gasteiger partial charge in [0.25, 0.3) is 0 Å². The van der Waals surface area contributed by atoms with Gasteiger partial charge in [-0.05, 0) is 6.42 Å². The zero-order chi connectivity index (χ0) is 15.7. The van der Waals surface area contributed by atoms with Crippen LogP contribution in [-0.4, -0.2) is 61.6 Å². The van der Waals surface area contributed by atoms with Crippen LogP contribution in [0.25, 0.3) is 0 Å². The Hall–Kier alpha value is -1.63. The number of carboxylic acid groups (broad SMARTS) is 1. The van der Waals surface area contributed by atoms with Gasteiger partial charge in [-0.25, -0.2) is 0 Å². The average Bonchev–Trinajstić information content (AvgIpc) is 2.40. The fourth-order valence-electron chi connectivity index (χ4n) is 1.57. The molecule has 20 heavy (non-hydrogen) atoms. The van der Waals surface area contributed by atoms with Crippen molar-refractivity contribution in [3.8, 4) is 0 Å². The summed E-state index contributed by atoms with van der Waals surface area (Å²) in [6, 6.07) is 0. The first-order chi connectivity index (χ1) is 9.31. The number of nitrogens with zero attached hydrogens (tertiary/aromatic N) is 1. The largest absolute Gasteiger partial charge is 0.481 e. The number of carbonyl (C=O) groups is 3. The van der Waals surface area contributed by atoms with Crippen molar-refractivity contribution in [1.82, 2.24) is 10.2 Å². The van der Waals surface area contributed by atoms with Gasteiger partial charge in [-0.2, -0.15) is 0 Å². The van der Waals surface area contributed by atoms with E-state index in [4.69, 9.17) is 9.84 Å². The van der Waals surface area contributed by atoms with Gasteiger partial charge in [0.1, 0.15) is 0 Å². The second-order valence-electron chi connectivity index (χ2n) is 4.81. The third-order valence-electron chi connectivity index (χ3n) is 3.13. The molecule has 0 bridgehead atoms. The van der Waals surface area contributed by atoms with Gasteiger partial charge < -0.3 is 20.1 Å². The van der Waals surface area contributed by atoms with Crippen LogP contribution in [0.5, 0.6) is 0 Å². The van der Waals surface area contributed by atoms with E-state index in [1.54, 1.807) is 14.0 Å². The molecule has 0 rings (SSSR count). The van der Waals surface area contributed by atoms with Crippen molar-refractivity contribution in [1.29, 1.82) is 0 Å². The van der Waals surface area contributed by atoms with E-state index < -0.39 is 17.8 Å². The van der Waals surface area contributed by atoms with Gasteiger partial charge in [0.15, 0.2) is 0 Å². The minimum atomic E-state index is -1.02. The van der Waals surface area contributed by atoms with Gasteiger partial charge in [-0.1, -0.05) is 13.8 Å². The second kappa shape index (κ2) is 9.30. The zero-order valence-corrected chi connectivity index (χ0v) is 12.5. The van der Waals surface area contributed by atoms with Crippen LogP contribution in [0.2, 0.25) is 0 Å². The van der Waals surface area contributed by atoms with Crippen molar-refractivity contribution in [2.45, 2.75) is 20.3 Å². The van der Waals surface area contributed by atoms with Gasteiger partial charge in [-0.15, -0.1) is 0 Å². The van der Waals surface area contributed by atoms with Crippen molar-refractivity contribution in [3.63, 3.8) is 0 Å². The Morgan fingerprint density at radius 2 is 1.85 bits per heavy atom. The van der Waals surface area contributed by atoms with E-state index in [0.717, 1.165) is 0 Å². The van der Waals surface area contributed by atoms with E-state index in [1.807, 2.05) is 0 Å². The number of methoxy groups -OCH3 is 1. The molecule has 0 aromatic rings. The van der Waals surface area contributed by atoms with Gasteiger partial charge >= 0.3 is 5.97 Å². The molecule has 0 aromatic heterocycles. The maximum Gasteiger partial charge on any atom is 0.307 e. The molecule has 0 saturated heterocycles. The number of amides is 2. The van der Waals surface area contributed by atoms with Crippen molar-refractivity contribution in [2.75, 3.05) is 33.9 Å². The third kappa shape index (κ3) is 6.51. The van der Waals surface area contributed by atoms with Crippen LogP contribution >= 0.6 is 0 Å². The summed E-state index contributed by atoms with van der Waals surface area (Å²) in [5.41, 5.74) is 0. The molecule has 116 valence electrons. The topological polar surface area (TPSA) is 95.9 Å². The molecule has 2 N–H and O–H groups in total. The number of hydrogen-bond acceptors (Lipinski definition) is 4. The van der Waals surface area contributed by atoms with Crippen LogP contribution in [0.3, 0.4) is 0 Å². The molecule has 0 spiro atoms. The van der Waals surface area contributed by atoms with Crippen LogP contribution in [0.1, 0.15) is 20.3 Å². The first kappa shape index (κ1) is 18.4. The molecule has 0 radical (unpaired) electrons. The molecule has 0 saturated carbocycles. The van der Waals surface area contributed by atoms with Crippen molar-refractivity contribution < 1.29 is 24.2 Å². The minimum absolute atomic E-state index is 0.0809. The summed E-state index contributed by atoms with van der Waals surface area (Å²) in [7, 11) is 3.07. The summed E-state index contributed by atoms with van der Waals surface area (Å²) in [6.45, 7) is 3.98. The van der Waals surface area contributed by atoms with Crippen LogP contribution < -0.4 is 5.32 Å². The maximum absolute atomic E-state index is 12.0. The van der Waals surface area contributed by atoms with Crippen molar-refractivity contribution >= 4 is 17.8 Å². The fourth-order valence-corrected chi connectivity index (χ4v) is 1.57. The Morgan fingerprint density at radius 1 is 1.25 bits per heavy atom. The van der Waals surface area contributed by atoms with Crippen LogP contribution in [0.4, 0.5) is 0 Å². The lowest BCUT2D eigenvalue weighted by Crippen LogP contribution is -2.42. The number of carbonyl (C=O) groups excluding carboxylic acids is 2. The first-order valence-corrected chi connectivity index (χ1v) is 6.54. The Kier molecular flexibility index (Phi) is 8.54. The minimum Gasteiger partial charge on any atom is -0.481 e. The normalized spacial score (nSPS) is 13.4. The lowest BCUT2D eigenvalue weighted by atomic mass is 9.95. The van der Waals surface area contributed by atoms with E-state index in [1.165, 1.54) is 18.9 Å². The zero-order valence-electron chi connectivity index (χ0n) is 12.5. The second-order valence-corrected chi connectivity index (χ2v) is 4.81. The lowest BCUT2D eigenvalue weighted by molar-refractivity contribution is -0.149. The molecule has 0 aliphatic rings. The van der Waals surface area contributed by atoms with Gasteiger partial charge in [0.05, 0.1) is 12.5 Å². The van der Waals surface area contributed by atoms with Crippen LogP contribution in [-0.2, 0) is 19.1 Å². The van der Waals surface area contributed by atoms with Crippen LogP contribution in [0, 0.1) is 11.8 Å². The number of aliphatic carboxylic acids is 1. The molecule has 0 fully saturated rings. The Morgan fingerprint density at radius 3 is 2.35 bits per heavy atom. The molecule has 2 unspecified atom stereocenters. The highest BCUT2D eigenvalue weighted by Gasteiger charge is 2.28. The SMILES string of the molecule is COCCCNC(=O)CN(C)C(=O)C(C)C(C)C(=O)O. The third-order valence-corrected chi connectivity index (χ3v) is 3.13. The highest BCUT2D eigenvalue weighted by atomic mass is 16.5. The monoisotopic (exact) mass is 288 g/mol. The number of ether oxygens (including phenoxy) is 1. The predicted octanol–water partition coefficient (Wildman–Crippen LogP) is -0.0457. The van der Waals surface area contributed by atoms with E-state index in [2.05, 4.69) is 5.32 Å². The number of nitrogens with one attached hydrogen (secondary N) is 1. The highest BCUT2D eigenvalue weighted by molar-refractivity contribution is 5.88. The van der Waals surface area contributed by atoms with Crippen LogP contribution in [0.15, 0.2) is 0 Å². The average molecular weight is 288 g/mol. The summed E-state index contributed by atoms with van der Waals surface area (Å²) in [4.78, 5) is 35.6. The predicted molar refractivity (Wildman–Crippen MR) is 73.1 cm³/mol. The molecule has 2 atom stereocenters. The van der Waals surface area contributed by atoms with Crippen molar-refractivity contribution in [3.05, 3.63) is 0 Å². The molecular formula is C13H24N2O5. The molecule has 2 amide bonds. The lowest BCUT2D eigenvalue weighted by Gasteiger charge is -2.23. The molecule has 0 aliphatic carbocycles. The number of hydrogen-bond donors (Lipinski definition) is 2. The standard InChI is InChI=1S/C13H24N2O5/c1-9(10(2)13(18)19)12(17)15(3)8-11(16)14-6-5-7-20-4/h9-10H,5-8H2,1-4H3,(H,14,16)(H,18,19). The fraction of sp³-hybridized carbons (Fsp3) is 0.769. The summed E-state index contributed by atoms with van der Waals surface area (Å²) >= 11 is 0. The Labute approximate surface area is 119 Å². The van der Waals surface area contributed by atoms with Crippen molar-refractivity contribution in [2.24, 2.45) is 11.8 Å². The van der Waals surface area contributed by atoms with Gasteiger partial charge in [0, 0.05) is 33.2 Å². The molecule has 7 nitrogen and oxygen atoms in total. The van der Waals surface area contributed by atoms with E-state index in [0.29, 0.717) is 19.6 Å². The molecule has 0 aliphatic heterocycles. The Bertz CT molecular complexity index is 346. The van der Waals surface area contributed by atoms with E-state index >= 15 is 0 Å². The highest BCUT2D eigenvalue weighted by Crippen LogP contribution is 2.13. The van der Waals surface area contributed by atoms with Gasteiger partial charge in [-0.3, -0.25) is 14.4 Å². The number of rotatable bonds is 9.